The van der Waals surface area contributed by atoms with Crippen LogP contribution >= 0.6 is 0 Å². The molecule has 0 spiro atoms. The molecule has 8 heteroatoms. The molecule has 3 heterocycles. The highest BCUT2D eigenvalue weighted by atomic mass is 16.7. The summed E-state index contributed by atoms with van der Waals surface area (Å²) >= 11 is 0. The van der Waals surface area contributed by atoms with Gasteiger partial charge in [0.1, 0.15) is 17.6 Å². The average Bonchev–Trinajstić information content (AvgIpc) is 3.41. The second kappa shape index (κ2) is 7.89. The van der Waals surface area contributed by atoms with Crippen molar-refractivity contribution >= 4 is 17.3 Å². The summed E-state index contributed by atoms with van der Waals surface area (Å²) in [4.78, 5) is 18.1. The van der Waals surface area contributed by atoms with E-state index in [1.54, 1.807) is 7.11 Å². The highest BCUT2D eigenvalue weighted by Gasteiger charge is 2.55. The molecule has 3 aliphatic rings. The zero-order valence-electron chi connectivity index (χ0n) is 16.4. The maximum Gasteiger partial charge on any atom is 0.244 e. The van der Waals surface area contributed by atoms with Crippen molar-refractivity contribution in [2.75, 3.05) is 13.7 Å². The summed E-state index contributed by atoms with van der Waals surface area (Å²) in [5.41, 5.74) is 5.75. The molecule has 1 amide bonds. The Bertz CT molecular complexity index is 990. The first-order chi connectivity index (χ1) is 14.7. The number of carbonyl (C=O) groups excluding carboxylic acids is 1. The molecule has 154 valence electrons. The van der Waals surface area contributed by atoms with Gasteiger partial charge < -0.3 is 19.0 Å². The van der Waals surface area contributed by atoms with Crippen LogP contribution in [0, 0.1) is 5.92 Å². The molecule has 0 unspecified atom stereocenters. The summed E-state index contributed by atoms with van der Waals surface area (Å²) in [6, 6.07) is 17.1. The van der Waals surface area contributed by atoms with Crippen molar-refractivity contribution in [3.8, 4) is 5.75 Å². The molecule has 2 aromatic carbocycles. The molecule has 0 aliphatic carbocycles. The van der Waals surface area contributed by atoms with Crippen LogP contribution in [0.1, 0.15) is 11.1 Å². The fraction of sp³-hybridized carbons (Fsp3) is 0.318. The van der Waals surface area contributed by atoms with Crippen LogP contribution in [0.25, 0.3) is 0 Å². The van der Waals surface area contributed by atoms with E-state index in [9.17, 15) is 4.79 Å². The Morgan fingerprint density at radius 3 is 2.77 bits per heavy atom. The van der Waals surface area contributed by atoms with Gasteiger partial charge in [0.05, 0.1) is 31.8 Å². The summed E-state index contributed by atoms with van der Waals surface area (Å²) in [6.07, 6.45) is -0.959. The molecule has 3 aliphatic heterocycles. The van der Waals surface area contributed by atoms with E-state index in [2.05, 4.69) is 15.7 Å². The number of nitrogens with zero attached hydrogens (tertiary/aromatic N) is 2. The Morgan fingerprint density at radius 2 is 2.00 bits per heavy atom. The van der Waals surface area contributed by atoms with Gasteiger partial charge in [0, 0.05) is 5.56 Å². The molecule has 0 radical (unpaired) electrons. The molecule has 2 aromatic rings. The number of amides is 1. The fourth-order valence-electron chi connectivity index (χ4n) is 3.94. The van der Waals surface area contributed by atoms with E-state index in [1.165, 1.54) is 0 Å². The topological polar surface area (TPSA) is 90.7 Å². The lowest BCUT2D eigenvalue weighted by Gasteiger charge is -2.30. The number of hydrazone groups is 1. The number of hydrogen-bond donors (Lipinski definition) is 1. The summed E-state index contributed by atoms with van der Waals surface area (Å²) in [6.45, 7) is 0.397. The van der Waals surface area contributed by atoms with Crippen LogP contribution in [0.5, 0.6) is 5.75 Å². The van der Waals surface area contributed by atoms with E-state index in [-0.39, 0.29) is 30.5 Å². The second-order valence-electron chi connectivity index (χ2n) is 7.33. The molecule has 8 nitrogen and oxygen atoms in total. The van der Waals surface area contributed by atoms with Crippen molar-refractivity contribution in [2.45, 2.75) is 24.9 Å². The molecule has 0 aromatic heterocycles. The Kier molecular flexibility index (Phi) is 4.94. The summed E-state index contributed by atoms with van der Waals surface area (Å²) in [5.74, 6) is 0.279. The molecular formula is C22H21N3O5. The van der Waals surface area contributed by atoms with Crippen molar-refractivity contribution in [1.29, 1.82) is 0 Å². The number of oxime groups is 1. The van der Waals surface area contributed by atoms with Crippen LogP contribution < -0.4 is 10.2 Å². The molecule has 4 atom stereocenters. The predicted octanol–water partition coefficient (Wildman–Crippen LogP) is 1.88. The fourth-order valence-corrected chi connectivity index (χ4v) is 3.94. The third kappa shape index (κ3) is 3.44. The quantitative estimate of drug-likeness (QED) is 0.765. The van der Waals surface area contributed by atoms with Crippen molar-refractivity contribution in [3.05, 3.63) is 65.7 Å². The van der Waals surface area contributed by atoms with Gasteiger partial charge in [-0.05, 0) is 29.8 Å². The standard InChI is InChI=1S/C22H21N3O5/c1-27-15-9-7-14(8-10-15)19-18-20(22-28-12-16(29-22)21(18)30-25-19)24-23-17(26)11-13-5-3-2-4-6-13/h2-10,16,18,21-22H,11-12H2,1H3,(H,23,26)/b24-20+/t16-,18-,21-,22+/m0/s1. The van der Waals surface area contributed by atoms with Crippen molar-refractivity contribution in [3.63, 3.8) is 0 Å². The van der Waals surface area contributed by atoms with Gasteiger partial charge in [-0.25, -0.2) is 5.43 Å². The van der Waals surface area contributed by atoms with Gasteiger partial charge in [-0.15, -0.1) is 0 Å². The third-order valence-electron chi connectivity index (χ3n) is 5.44. The van der Waals surface area contributed by atoms with E-state index in [0.29, 0.717) is 12.3 Å². The van der Waals surface area contributed by atoms with E-state index in [0.717, 1.165) is 22.6 Å². The first kappa shape index (κ1) is 18.8. The number of benzene rings is 2. The van der Waals surface area contributed by atoms with Gasteiger partial charge in [-0.3, -0.25) is 4.79 Å². The summed E-state index contributed by atoms with van der Waals surface area (Å²) in [7, 11) is 1.62. The molecule has 1 N–H and O–H groups in total. The molecular weight excluding hydrogens is 386 g/mol. The van der Waals surface area contributed by atoms with Gasteiger partial charge in [0.25, 0.3) is 0 Å². The van der Waals surface area contributed by atoms with Gasteiger partial charge in [0.2, 0.25) is 5.91 Å². The van der Waals surface area contributed by atoms with Crippen LogP contribution in [0.15, 0.2) is 64.9 Å². The van der Waals surface area contributed by atoms with E-state index >= 15 is 0 Å². The monoisotopic (exact) mass is 407 g/mol. The summed E-state index contributed by atoms with van der Waals surface area (Å²) in [5, 5.41) is 8.71. The van der Waals surface area contributed by atoms with Gasteiger partial charge in [0.15, 0.2) is 12.4 Å². The zero-order chi connectivity index (χ0) is 20.5. The number of ether oxygens (including phenoxy) is 3. The SMILES string of the molecule is COc1ccc(C2=NO[C@H]3[C@@H]4CO[C@H](O4)/C(=N/NC(=O)Cc4ccccc4)[C@H]23)cc1. The highest BCUT2D eigenvalue weighted by molar-refractivity contribution is 6.17. The van der Waals surface area contributed by atoms with Crippen molar-refractivity contribution < 1.29 is 23.8 Å². The lowest BCUT2D eigenvalue weighted by molar-refractivity contribution is -0.120. The van der Waals surface area contributed by atoms with Crippen LogP contribution in [-0.2, 0) is 25.5 Å². The largest absolute Gasteiger partial charge is 0.497 e. The number of rotatable bonds is 5. The average molecular weight is 407 g/mol. The number of carbonyl (C=O) groups is 1. The maximum atomic E-state index is 12.4. The smallest absolute Gasteiger partial charge is 0.244 e. The Labute approximate surface area is 173 Å². The van der Waals surface area contributed by atoms with Crippen molar-refractivity contribution in [1.82, 2.24) is 5.43 Å². The number of methoxy groups -OCH3 is 1. The van der Waals surface area contributed by atoms with Crippen LogP contribution in [0.3, 0.4) is 0 Å². The van der Waals surface area contributed by atoms with E-state index in [4.69, 9.17) is 19.0 Å². The van der Waals surface area contributed by atoms with Crippen molar-refractivity contribution in [2.24, 2.45) is 16.2 Å². The normalized spacial score (nSPS) is 27.9. The number of nitrogens with one attached hydrogen (secondary N) is 1. The lowest BCUT2D eigenvalue weighted by atomic mass is 9.84. The summed E-state index contributed by atoms with van der Waals surface area (Å²) < 4.78 is 16.8. The first-order valence-corrected chi connectivity index (χ1v) is 9.78. The van der Waals surface area contributed by atoms with E-state index in [1.807, 2.05) is 54.6 Å². The first-order valence-electron chi connectivity index (χ1n) is 9.78. The molecule has 2 fully saturated rings. The predicted molar refractivity (Wildman–Crippen MR) is 108 cm³/mol. The highest BCUT2D eigenvalue weighted by Crippen LogP contribution is 2.38. The van der Waals surface area contributed by atoms with Crippen LogP contribution in [-0.4, -0.2) is 49.5 Å². The van der Waals surface area contributed by atoms with Crippen LogP contribution in [0.2, 0.25) is 0 Å². The molecule has 2 saturated heterocycles. The minimum absolute atomic E-state index is 0.216. The Hall–Kier alpha value is -3.23. The lowest BCUT2D eigenvalue weighted by Crippen LogP contribution is -2.49. The second-order valence-corrected chi connectivity index (χ2v) is 7.33. The minimum Gasteiger partial charge on any atom is -0.497 e. The van der Waals surface area contributed by atoms with Crippen LogP contribution in [0.4, 0.5) is 0 Å². The van der Waals surface area contributed by atoms with Gasteiger partial charge in [-0.2, -0.15) is 5.10 Å². The molecule has 0 saturated carbocycles. The molecule has 5 rings (SSSR count). The zero-order valence-corrected chi connectivity index (χ0v) is 16.4. The molecule has 2 bridgehead atoms. The Balaban J connectivity index is 1.39. The number of fused-ring (bicyclic) bond motifs is 4. The molecule has 30 heavy (non-hydrogen) atoms. The Morgan fingerprint density at radius 1 is 1.20 bits per heavy atom. The van der Waals surface area contributed by atoms with E-state index < -0.39 is 6.29 Å². The number of hydrogen-bond acceptors (Lipinski definition) is 7. The minimum atomic E-state index is -0.626. The van der Waals surface area contributed by atoms with Gasteiger partial charge >= 0.3 is 0 Å². The van der Waals surface area contributed by atoms with Gasteiger partial charge in [-0.1, -0.05) is 35.5 Å². The third-order valence-corrected chi connectivity index (χ3v) is 5.44. The maximum absolute atomic E-state index is 12.4.